The summed E-state index contributed by atoms with van der Waals surface area (Å²) in [6, 6.07) is 4.30. The number of nitrogens with zero attached hydrogens (tertiary/aromatic N) is 2. The second-order valence-corrected chi connectivity index (χ2v) is 2.99. The number of rotatable bonds is 2. The normalized spacial score (nSPS) is 10.6. The Hall–Kier alpha value is -1.56. The predicted molar refractivity (Wildman–Crippen MR) is 53.4 cm³/mol. The lowest BCUT2D eigenvalue weighted by molar-refractivity contribution is -0.384. The minimum Gasteiger partial charge on any atom is -0.440 e. The molecular weight excluding hydrogens is 204 g/mol. The predicted octanol–water partition coefficient (Wildman–Crippen LogP) is 2.17. The van der Waals surface area contributed by atoms with Gasteiger partial charge in [-0.25, -0.2) is 4.98 Å². The Morgan fingerprint density at radius 1 is 1.57 bits per heavy atom. The SMILES string of the molecule is O=[N+]([O-])c1ccc2oc(CS)nc2c1. The molecule has 2 aromatic rings. The summed E-state index contributed by atoms with van der Waals surface area (Å²) in [5, 5.41) is 10.5. The molecule has 0 amide bonds. The van der Waals surface area contributed by atoms with E-state index < -0.39 is 4.92 Å². The summed E-state index contributed by atoms with van der Waals surface area (Å²) in [5.74, 6) is 0.839. The van der Waals surface area contributed by atoms with Crippen LogP contribution < -0.4 is 0 Å². The van der Waals surface area contributed by atoms with Crippen molar-refractivity contribution in [3.05, 3.63) is 34.2 Å². The van der Waals surface area contributed by atoms with Crippen LogP contribution in [0, 0.1) is 10.1 Å². The summed E-state index contributed by atoms with van der Waals surface area (Å²) in [4.78, 5) is 14.0. The van der Waals surface area contributed by atoms with Gasteiger partial charge in [0.2, 0.25) is 5.89 Å². The van der Waals surface area contributed by atoms with Gasteiger partial charge < -0.3 is 4.42 Å². The molecule has 0 N–H and O–H groups in total. The van der Waals surface area contributed by atoms with Crippen LogP contribution in [0.1, 0.15) is 5.89 Å². The maximum absolute atomic E-state index is 10.5. The molecule has 0 atom stereocenters. The lowest BCUT2D eigenvalue weighted by Gasteiger charge is -1.88. The first-order chi connectivity index (χ1) is 6.70. The highest BCUT2D eigenvalue weighted by Crippen LogP contribution is 2.21. The van der Waals surface area contributed by atoms with Crippen LogP contribution in [0.15, 0.2) is 22.6 Å². The van der Waals surface area contributed by atoms with Crippen LogP contribution in [-0.4, -0.2) is 9.91 Å². The molecule has 6 heteroatoms. The second-order valence-electron chi connectivity index (χ2n) is 2.67. The Kier molecular flexibility index (Phi) is 2.12. The standard InChI is InChI=1S/C8H6N2O3S/c11-10(12)5-1-2-7-6(3-5)9-8(4-14)13-7/h1-3,14H,4H2. The first-order valence-corrected chi connectivity index (χ1v) is 4.48. The average molecular weight is 210 g/mol. The van der Waals surface area contributed by atoms with Crippen molar-refractivity contribution in [1.82, 2.24) is 4.98 Å². The second kappa shape index (κ2) is 3.30. The molecule has 0 aliphatic rings. The third-order valence-electron chi connectivity index (χ3n) is 1.76. The largest absolute Gasteiger partial charge is 0.440 e. The molecule has 1 heterocycles. The van der Waals surface area contributed by atoms with E-state index in [-0.39, 0.29) is 5.69 Å². The molecule has 0 unspecified atom stereocenters. The fraction of sp³-hybridized carbons (Fsp3) is 0.125. The Balaban J connectivity index is 2.59. The van der Waals surface area contributed by atoms with Gasteiger partial charge in [-0.05, 0) is 6.07 Å². The van der Waals surface area contributed by atoms with Crippen LogP contribution in [-0.2, 0) is 5.75 Å². The van der Waals surface area contributed by atoms with Crippen LogP contribution in [0.4, 0.5) is 5.69 Å². The molecule has 0 aliphatic carbocycles. The van der Waals surface area contributed by atoms with E-state index in [2.05, 4.69) is 17.6 Å². The fourth-order valence-electron chi connectivity index (χ4n) is 1.14. The maximum Gasteiger partial charge on any atom is 0.271 e. The molecule has 0 saturated heterocycles. The number of benzene rings is 1. The van der Waals surface area contributed by atoms with Crippen molar-refractivity contribution >= 4 is 29.4 Å². The summed E-state index contributed by atoms with van der Waals surface area (Å²) < 4.78 is 5.24. The van der Waals surface area contributed by atoms with E-state index in [4.69, 9.17) is 4.42 Å². The summed E-state index contributed by atoms with van der Waals surface area (Å²) in [6.07, 6.45) is 0. The zero-order valence-corrected chi connectivity index (χ0v) is 7.90. The number of nitro groups is 1. The molecule has 5 nitrogen and oxygen atoms in total. The number of oxazole rings is 1. The zero-order valence-electron chi connectivity index (χ0n) is 7.01. The van der Waals surface area contributed by atoms with Crippen molar-refractivity contribution in [1.29, 1.82) is 0 Å². The summed E-state index contributed by atoms with van der Waals surface area (Å²) >= 11 is 4.00. The van der Waals surface area contributed by atoms with Gasteiger partial charge in [0.05, 0.1) is 10.7 Å². The molecule has 0 radical (unpaired) electrons. The Bertz CT molecular complexity index is 494. The van der Waals surface area contributed by atoms with Gasteiger partial charge in [0.15, 0.2) is 5.58 Å². The van der Waals surface area contributed by atoms with Gasteiger partial charge in [0, 0.05) is 12.1 Å². The van der Waals surface area contributed by atoms with E-state index in [1.165, 1.54) is 18.2 Å². The third kappa shape index (κ3) is 1.44. The zero-order chi connectivity index (χ0) is 10.1. The molecule has 1 aromatic heterocycles. The quantitative estimate of drug-likeness (QED) is 0.468. The van der Waals surface area contributed by atoms with Crippen molar-refractivity contribution in [2.75, 3.05) is 0 Å². The van der Waals surface area contributed by atoms with Crippen molar-refractivity contribution in [2.45, 2.75) is 5.75 Å². The number of thiol groups is 1. The molecule has 1 aromatic carbocycles. The molecule has 72 valence electrons. The lowest BCUT2D eigenvalue weighted by Crippen LogP contribution is -1.86. The summed E-state index contributed by atoms with van der Waals surface area (Å²) in [6.45, 7) is 0. The average Bonchev–Trinajstić information content (AvgIpc) is 2.58. The third-order valence-corrected chi connectivity index (χ3v) is 2.03. The lowest BCUT2D eigenvalue weighted by atomic mass is 10.3. The highest BCUT2D eigenvalue weighted by Gasteiger charge is 2.10. The van der Waals surface area contributed by atoms with Gasteiger partial charge in [-0.1, -0.05) is 0 Å². The number of non-ortho nitro benzene ring substituents is 1. The van der Waals surface area contributed by atoms with Gasteiger partial charge in [-0.2, -0.15) is 12.6 Å². The van der Waals surface area contributed by atoms with Crippen molar-refractivity contribution in [3.8, 4) is 0 Å². The fourth-order valence-corrected chi connectivity index (χ4v) is 1.28. The number of hydrogen-bond acceptors (Lipinski definition) is 5. The topological polar surface area (TPSA) is 69.2 Å². The molecule has 0 spiro atoms. The van der Waals surface area contributed by atoms with Gasteiger partial charge in [0.1, 0.15) is 5.52 Å². The minimum atomic E-state index is -0.464. The van der Waals surface area contributed by atoms with Crippen molar-refractivity contribution < 1.29 is 9.34 Å². The first kappa shape index (κ1) is 9.01. The number of fused-ring (bicyclic) bond motifs is 1. The van der Waals surface area contributed by atoms with Gasteiger partial charge in [0.25, 0.3) is 5.69 Å². The number of aromatic nitrogens is 1. The molecule has 0 bridgehead atoms. The van der Waals surface area contributed by atoms with E-state index in [0.29, 0.717) is 22.7 Å². The van der Waals surface area contributed by atoms with E-state index in [1.807, 2.05) is 0 Å². The molecule has 0 aliphatic heterocycles. The van der Waals surface area contributed by atoms with E-state index in [9.17, 15) is 10.1 Å². The Labute approximate surface area is 84.3 Å². The van der Waals surface area contributed by atoms with Crippen LogP contribution in [0.3, 0.4) is 0 Å². The van der Waals surface area contributed by atoms with E-state index in [0.717, 1.165) is 0 Å². The molecule has 14 heavy (non-hydrogen) atoms. The van der Waals surface area contributed by atoms with Gasteiger partial charge in [-0.15, -0.1) is 0 Å². The summed E-state index contributed by atoms with van der Waals surface area (Å²) in [7, 11) is 0. The Morgan fingerprint density at radius 3 is 3.00 bits per heavy atom. The molecular formula is C8H6N2O3S. The minimum absolute atomic E-state index is 0.0107. The molecule has 0 saturated carbocycles. The van der Waals surface area contributed by atoms with Gasteiger partial charge >= 0.3 is 0 Å². The number of nitro benzene ring substituents is 1. The van der Waals surface area contributed by atoms with Crippen molar-refractivity contribution in [3.63, 3.8) is 0 Å². The first-order valence-electron chi connectivity index (χ1n) is 3.85. The monoisotopic (exact) mass is 210 g/mol. The van der Waals surface area contributed by atoms with Crippen LogP contribution >= 0.6 is 12.6 Å². The smallest absolute Gasteiger partial charge is 0.271 e. The highest BCUT2D eigenvalue weighted by molar-refractivity contribution is 7.79. The van der Waals surface area contributed by atoms with E-state index in [1.54, 1.807) is 0 Å². The molecule has 2 rings (SSSR count). The molecule has 0 fully saturated rings. The van der Waals surface area contributed by atoms with Crippen LogP contribution in [0.25, 0.3) is 11.1 Å². The van der Waals surface area contributed by atoms with Crippen LogP contribution in [0.2, 0.25) is 0 Å². The highest BCUT2D eigenvalue weighted by atomic mass is 32.1. The van der Waals surface area contributed by atoms with Crippen LogP contribution in [0.5, 0.6) is 0 Å². The van der Waals surface area contributed by atoms with Gasteiger partial charge in [-0.3, -0.25) is 10.1 Å². The Morgan fingerprint density at radius 2 is 2.36 bits per heavy atom. The van der Waals surface area contributed by atoms with E-state index >= 15 is 0 Å². The maximum atomic E-state index is 10.5. The van der Waals surface area contributed by atoms with Crippen molar-refractivity contribution in [2.24, 2.45) is 0 Å². The number of hydrogen-bond donors (Lipinski definition) is 1. The summed E-state index contributed by atoms with van der Waals surface area (Å²) in [5.41, 5.74) is 1.04.